The summed E-state index contributed by atoms with van der Waals surface area (Å²) in [7, 11) is 0. The number of halogens is 1. The summed E-state index contributed by atoms with van der Waals surface area (Å²) >= 11 is 13.1. The summed E-state index contributed by atoms with van der Waals surface area (Å²) in [6.45, 7) is 2.82. The van der Waals surface area contributed by atoms with E-state index in [4.69, 9.17) is 23.8 Å². The molecule has 0 saturated heterocycles. The first kappa shape index (κ1) is 14.3. The van der Waals surface area contributed by atoms with E-state index in [0.717, 1.165) is 24.2 Å². The van der Waals surface area contributed by atoms with E-state index in [9.17, 15) is 0 Å². The van der Waals surface area contributed by atoms with Gasteiger partial charge in [0.25, 0.3) is 0 Å². The van der Waals surface area contributed by atoms with Crippen molar-refractivity contribution in [3.05, 3.63) is 51.2 Å². The molecule has 0 amide bonds. The lowest BCUT2D eigenvalue weighted by Gasteiger charge is -2.11. The van der Waals surface area contributed by atoms with Gasteiger partial charge < -0.3 is 10.6 Å². The minimum absolute atomic E-state index is 0.599. The van der Waals surface area contributed by atoms with Gasteiger partial charge in [-0.1, -0.05) is 23.7 Å². The van der Waals surface area contributed by atoms with Crippen LogP contribution in [0.4, 0.5) is 5.69 Å². The zero-order valence-corrected chi connectivity index (χ0v) is 13.0. The van der Waals surface area contributed by atoms with Crippen molar-refractivity contribution in [2.24, 2.45) is 0 Å². The van der Waals surface area contributed by atoms with Crippen molar-refractivity contribution in [1.82, 2.24) is 5.32 Å². The topological polar surface area (TPSA) is 24.1 Å². The fourth-order valence-electron chi connectivity index (χ4n) is 1.64. The van der Waals surface area contributed by atoms with Gasteiger partial charge in [0.2, 0.25) is 0 Å². The summed E-state index contributed by atoms with van der Waals surface area (Å²) in [6.07, 6.45) is 0.973. The van der Waals surface area contributed by atoms with E-state index < -0.39 is 0 Å². The summed E-state index contributed by atoms with van der Waals surface area (Å²) < 4.78 is 0. The van der Waals surface area contributed by atoms with Gasteiger partial charge in [-0.15, -0.1) is 11.3 Å². The molecule has 0 aliphatic rings. The molecule has 1 aromatic heterocycles. The highest BCUT2D eigenvalue weighted by molar-refractivity contribution is 7.80. The van der Waals surface area contributed by atoms with Crippen LogP contribution in [-0.2, 0) is 6.42 Å². The molecular weight excluding hydrogens is 296 g/mol. The fraction of sp³-hybridized carbons (Fsp3) is 0.214. The van der Waals surface area contributed by atoms with Gasteiger partial charge in [-0.25, -0.2) is 0 Å². The van der Waals surface area contributed by atoms with Gasteiger partial charge in [-0.2, -0.15) is 0 Å². The highest BCUT2D eigenvalue weighted by atomic mass is 35.5. The Kier molecular flexibility index (Phi) is 5.19. The third-order valence-corrected chi connectivity index (χ3v) is 4.11. The molecule has 1 aromatic carbocycles. The highest BCUT2D eigenvalue weighted by Crippen LogP contribution is 2.22. The Morgan fingerprint density at radius 3 is 2.89 bits per heavy atom. The van der Waals surface area contributed by atoms with Gasteiger partial charge in [0.05, 0.1) is 10.7 Å². The van der Waals surface area contributed by atoms with Crippen LogP contribution in [0.15, 0.2) is 35.7 Å². The third-order valence-electron chi connectivity index (χ3n) is 2.61. The molecule has 0 fully saturated rings. The molecule has 5 heteroatoms. The standard InChI is InChI=1S/C14H15ClN2S2/c1-10-4-5-13(12(15)9-10)17-14(18)16-7-6-11-3-2-8-19-11/h2-5,8-9H,6-7H2,1H3,(H2,16,17,18). The Balaban J connectivity index is 1.80. The second-order valence-corrected chi connectivity index (χ2v) is 6.04. The third kappa shape index (κ3) is 4.49. The molecule has 0 atom stereocenters. The Morgan fingerprint density at radius 1 is 1.37 bits per heavy atom. The van der Waals surface area contributed by atoms with E-state index in [-0.39, 0.29) is 0 Å². The Labute approximate surface area is 127 Å². The molecule has 0 spiro atoms. The number of thiophene rings is 1. The van der Waals surface area contributed by atoms with E-state index >= 15 is 0 Å². The first-order valence-corrected chi connectivity index (χ1v) is 7.65. The number of nitrogens with one attached hydrogen (secondary N) is 2. The van der Waals surface area contributed by atoms with Gasteiger partial charge in [-0.05, 0) is 54.7 Å². The summed E-state index contributed by atoms with van der Waals surface area (Å²) in [5.74, 6) is 0. The van der Waals surface area contributed by atoms with Crippen LogP contribution in [0.5, 0.6) is 0 Å². The van der Waals surface area contributed by atoms with Crippen LogP contribution in [0.3, 0.4) is 0 Å². The van der Waals surface area contributed by atoms with Gasteiger partial charge in [0, 0.05) is 11.4 Å². The largest absolute Gasteiger partial charge is 0.362 e. The Hall–Kier alpha value is -1.10. The summed E-state index contributed by atoms with van der Waals surface area (Å²) in [6, 6.07) is 10.0. The lowest BCUT2D eigenvalue weighted by molar-refractivity contribution is 0.885. The number of aryl methyl sites for hydroxylation is 1. The molecule has 2 N–H and O–H groups in total. The van der Waals surface area contributed by atoms with Crippen molar-refractivity contribution >= 4 is 46.0 Å². The predicted molar refractivity (Wildman–Crippen MR) is 88.4 cm³/mol. The second kappa shape index (κ2) is 6.89. The van der Waals surface area contributed by atoms with Crippen molar-refractivity contribution in [3.63, 3.8) is 0 Å². The molecule has 0 saturated carbocycles. The van der Waals surface area contributed by atoms with E-state index in [1.165, 1.54) is 4.88 Å². The molecule has 0 aliphatic heterocycles. The fourth-order valence-corrected chi connectivity index (χ4v) is 2.85. The molecule has 2 nitrogen and oxygen atoms in total. The van der Waals surface area contributed by atoms with E-state index in [0.29, 0.717) is 10.1 Å². The van der Waals surface area contributed by atoms with Gasteiger partial charge in [0.15, 0.2) is 5.11 Å². The van der Waals surface area contributed by atoms with E-state index in [1.54, 1.807) is 11.3 Å². The average molecular weight is 311 g/mol. The normalized spacial score (nSPS) is 10.2. The van der Waals surface area contributed by atoms with Crippen molar-refractivity contribution < 1.29 is 0 Å². The number of hydrogen-bond donors (Lipinski definition) is 2. The molecule has 100 valence electrons. The Morgan fingerprint density at radius 2 is 2.21 bits per heavy atom. The van der Waals surface area contributed by atoms with Crippen LogP contribution in [0.25, 0.3) is 0 Å². The number of rotatable bonds is 4. The SMILES string of the molecule is Cc1ccc(NC(=S)NCCc2cccs2)c(Cl)c1. The minimum Gasteiger partial charge on any atom is -0.362 e. The van der Waals surface area contributed by atoms with Gasteiger partial charge in [0.1, 0.15) is 0 Å². The number of anilines is 1. The van der Waals surface area contributed by atoms with E-state index in [2.05, 4.69) is 28.1 Å². The minimum atomic E-state index is 0.599. The first-order valence-electron chi connectivity index (χ1n) is 5.98. The van der Waals surface area contributed by atoms with Crippen molar-refractivity contribution in [2.45, 2.75) is 13.3 Å². The maximum Gasteiger partial charge on any atom is 0.170 e. The number of thiocarbonyl (C=S) groups is 1. The molecule has 1 heterocycles. The lowest BCUT2D eigenvalue weighted by Crippen LogP contribution is -2.30. The van der Waals surface area contributed by atoms with Crippen molar-refractivity contribution in [3.8, 4) is 0 Å². The smallest absolute Gasteiger partial charge is 0.170 e. The first-order chi connectivity index (χ1) is 9.15. The average Bonchev–Trinajstić information content (AvgIpc) is 2.86. The van der Waals surface area contributed by atoms with Crippen LogP contribution >= 0.6 is 35.2 Å². The molecular formula is C14H15ClN2S2. The number of benzene rings is 1. The van der Waals surface area contributed by atoms with Gasteiger partial charge >= 0.3 is 0 Å². The van der Waals surface area contributed by atoms with Crippen LogP contribution in [0.1, 0.15) is 10.4 Å². The molecule has 2 aromatic rings. The predicted octanol–water partition coefficient (Wildman–Crippen LogP) is 4.24. The van der Waals surface area contributed by atoms with Crippen LogP contribution in [-0.4, -0.2) is 11.7 Å². The van der Waals surface area contributed by atoms with Crippen LogP contribution < -0.4 is 10.6 Å². The van der Waals surface area contributed by atoms with Gasteiger partial charge in [-0.3, -0.25) is 0 Å². The molecule has 2 rings (SSSR count). The highest BCUT2D eigenvalue weighted by Gasteiger charge is 2.02. The van der Waals surface area contributed by atoms with E-state index in [1.807, 2.05) is 25.1 Å². The van der Waals surface area contributed by atoms with Crippen molar-refractivity contribution in [1.29, 1.82) is 0 Å². The molecule has 0 bridgehead atoms. The zero-order chi connectivity index (χ0) is 13.7. The molecule has 0 aliphatic carbocycles. The monoisotopic (exact) mass is 310 g/mol. The molecule has 19 heavy (non-hydrogen) atoms. The summed E-state index contributed by atoms with van der Waals surface area (Å²) in [5, 5.41) is 9.65. The second-order valence-electron chi connectivity index (χ2n) is 4.19. The van der Waals surface area contributed by atoms with Crippen LogP contribution in [0, 0.1) is 6.92 Å². The summed E-state index contributed by atoms with van der Waals surface area (Å²) in [4.78, 5) is 1.35. The van der Waals surface area contributed by atoms with Crippen molar-refractivity contribution in [2.75, 3.05) is 11.9 Å². The molecule has 0 radical (unpaired) electrons. The Bertz CT molecular complexity index is 553. The quantitative estimate of drug-likeness (QED) is 0.826. The lowest BCUT2D eigenvalue weighted by atomic mass is 10.2. The maximum atomic E-state index is 6.14. The molecule has 0 unspecified atom stereocenters. The maximum absolute atomic E-state index is 6.14. The number of hydrogen-bond acceptors (Lipinski definition) is 2. The van der Waals surface area contributed by atoms with Crippen LogP contribution in [0.2, 0.25) is 5.02 Å². The summed E-state index contributed by atoms with van der Waals surface area (Å²) in [5.41, 5.74) is 1.97. The zero-order valence-electron chi connectivity index (χ0n) is 10.6.